The smallest absolute Gasteiger partial charge is 0.338 e. The number of nitrogens with zero attached hydrogens (tertiary/aromatic N) is 1. The van der Waals surface area contributed by atoms with Crippen molar-refractivity contribution in [1.29, 1.82) is 0 Å². The van der Waals surface area contributed by atoms with Crippen LogP contribution in [0.4, 0.5) is 5.69 Å². The Hall–Kier alpha value is -3.26. The third-order valence-electron chi connectivity index (χ3n) is 4.46. The number of benzene rings is 2. The van der Waals surface area contributed by atoms with E-state index >= 15 is 0 Å². The van der Waals surface area contributed by atoms with E-state index in [9.17, 15) is 13.8 Å². The second-order valence-corrected chi connectivity index (χ2v) is 8.42. The molecule has 1 heterocycles. The van der Waals surface area contributed by atoms with E-state index in [1.54, 1.807) is 38.1 Å². The number of ether oxygens (including phenoxy) is 1. The van der Waals surface area contributed by atoms with Gasteiger partial charge >= 0.3 is 5.97 Å². The zero-order valence-corrected chi connectivity index (χ0v) is 18.5. The molecule has 0 unspecified atom stereocenters. The van der Waals surface area contributed by atoms with Crippen LogP contribution < -0.4 is 5.32 Å². The van der Waals surface area contributed by atoms with E-state index < -0.39 is 16.8 Å². The van der Waals surface area contributed by atoms with Gasteiger partial charge in [-0.1, -0.05) is 17.7 Å². The van der Waals surface area contributed by atoms with Gasteiger partial charge in [0.1, 0.15) is 11.5 Å². The molecule has 0 saturated heterocycles. The van der Waals surface area contributed by atoms with Crippen LogP contribution in [0.3, 0.4) is 0 Å². The highest BCUT2D eigenvalue weighted by molar-refractivity contribution is 7.84. The highest BCUT2D eigenvalue weighted by atomic mass is 32.2. The molecule has 0 radical (unpaired) electrons. The van der Waals surface area contributed by atoms with E-state index in [-0.39, 0.29) is 17.4 Å². The van der Waals surface area contributed by atoms with Crippen LogP contribution in [-0.2, 0) is 26.1 Å². The summed E-state index contributed by atoms with van der Waals surface area (Å²) < 4.78 is 23.1. The second kappa shape index (κ2) is 10.2. The Morgan fingerprint density at radius 1 is 1.06 bits per heavy atom. The van der Waals surface area contributed by atoms with Crippen molar-refractivity contribution in [3.8, 4) is 11.5 Å². The quantitative estimate of drug-likeness (QED) is 0.531. The van der Waals surface area contributed by atoms with E-state index in [1.807, 2.05) is 31.2 Å². The molecule has 1 aromatic heterocycles. The van der Waals surface area contributed by atoms with Crippen molar-refractivity contribution in [3.63, 3.8) is 0 Å². The van der Waals surface area contributed by atoms with Crippen LogP contribution in [0.5, 0.6) is 0 Å². The average molecular weight is 441 g/mol. The van der Waals surface area contributed by atoms with E-state index in [1.165, 1.54) is 0 Å². The number of amides is 1. The molecule has 0 bridgehead atoms. The molecule has 0 saturated carbocycles. The van der Waals surface area contributed by atoms with Crippen LogP contribution in [0, 0.1) is 13.8 Å². The second-order valence-electron chi connectivity index (χ2n) is 6.96. The Labute approximate surface area is 183 Å². The van der Waals surface area contributed by atoms with Crippen molar-refractivity contribution >= 4 is 28.4 Å². The molecular weight excluding hydrogens is 416 g/mol. The molecule has 7 nitrogen and oxygen atoms in total. The van der Waals surface area contributed by atoms with Crippen molar-refractivity contribution in [3.05, 3.63) is 71.1 Å². The standard InChI is InChI=1S/C23H24N2O5S/c1-4-29-23(27)18-9-11-19(12-10-18)24-21(26)14-31(28)13-20-16(3)30-22(25-20)17-7-5-15(2)6-8-17/h5-12H,4,13-14H2,1-3H3,(H,24,26)/t31-/m1/s1. The number of nitrogens with one attached hydrogen (secondary N) is 1. The molecule has 0 aliphatic rings. The van der Waals surface area contributed by atoms with Gasteiger partial charge < -0.3 is 14.5 Å². The lowest BCUT2D eigenvalue weighted by atomic mass is 10.1. The number of aryl methyl sites for hydroxylation is 2. The lowest BCUT2D eigenvalue weighted by Crippen LogP contribution is -2.20. The molecule has 3 rings (SSSR count). The summed E-state index contributed by atoms with van der Waals surface area (Å²) in [4.78, 5) is 28.4. The van der Waals surface area contributed by atoms with Crippen molar-refractivity contribution in [2.45, 2.75) is 26.5 Å². The Balaban J connectivity index is 1.56. The zero-order valence-electron chi connectivity index (χ0n) is 17.6. The van der Waals surface area contributed by atoms with E-state index in [2.05, 4.69) is 10.3 Å². The van der Waals surface area contributed by atoms with Crippen molar-refractivity contribution < 1.29 is 23.0 Å². The number of aromatic nitrogens is 1. The fourth-order valence-electron chi connectivity index (χ4n) is 2.83. The molecule has 8 heteroatoms. The minimum absolute atomic E-state index is 0.121. The number of esters is 1. The molecule has 0 aliphatic heterocycles. The first-order valence-electron chi connectivity index (χ1n) is 9.81. The fourth-order valence-corrected chi connectivity index (χ4v) is 3.87. The molecule has 1 atom stereocenters. The Kier molecular flexibility index (Phi) is 7.36. The molecule has 31 heavy (non-hydrogen) atoms. The Morgan fingerprint density at radius 2 is 1.74 bits per heavy atom. The van der Waals surface area contributed by atoms with Crippen LogP contribution in [-0.4, -0.2) is 33.4 Å². The number of hydrogen-bond acceptors (Lipinski definition) is 6. The first-order valence-corrected chi connectivity index (χ1v) is 11.3. The number of anilines is 1. The van der Waals surface area contributed by atoms with Gasteiger partial charge in [-0.05, 0) is 57.2 Å². The summed E-state index contributed by atoms with van der Waals surface area (Å²) in [6.07, 6.45) is 0. The third kappa shape index (κ3) is 6.11. The van der Waals surface area contributed by atoms with Crippen LogP contribution in [0.1, 0.15) is 34.3 Å². The molecule has 1 amide bonds. The zero-order chi connectivity index (χ0) is 22.4. The van der Waals surface area contributed by atoms with E-state index in [0.29, 0.717) is 35.2 Å². The topological polar surface area (TPSA) is 98.5 Å². The fraction of sp³-hybridized carbons (Fsp3) is 0.261. The highest BCUT2D eigenvalue weighted by Crippen LogP contribution is 2.23. The van der Waals surface area contributed by atoms with Crippen LogP contribution in [0.2, 0.25) is 0 Å². The molecule has 1 N–H and O–H groups in total. The van der Waals surface area contributed by atoms with Gasteiger partial charge in [0.15, 0.2) is 0 Å². The summed E-state index contributed by atoms with van der Waals surface area (Å²) >= 11 is 0. The first kappa shape index (κ1) is 22.4. The molecule has 162 valence electrons. The summed E-state index contributed by atoms with van der Waals surface area (Å²) in [6, 6.07) is 14.1. The highest BCUT2D eigenvalue weighted by Gasteiger charge is 2.16. The monoisotopic (exact) mass is 440 g/mol. The maximum atomic E-state index is 12.5. The number of oxazole rings is 1. The van der Waals surface area contributed by atoms with Crippen molar-refractivity contribution in [2.24, 2.45) is 0 Å². The molecule has 3 aromatic rings. The van der Waals surface area contributed by atoms with Crippen LogP contribution in [0.15, 0.2) is 52.9 Å². The number of carbonyl (C=O) groups is 2. The van der Waals surface area contributed by atoms with Gasteiger partial charge in [0.25, 0.3) is 0 Å². The summed E-state index contributed by atoms with van der Waals surface area (Å²) in [5, 5.41) is 2.68. The minimum Gasteiger partial charge on any atom is -0.462 e. The number of hydrogen-bond donors (Lipinski definition) is 1. The third-order valence-corrected chi connectivity index (χ3v) is 5.64. The van der Waals surface area contributed by atoms with Crippen molar-refractivity contribution in [2.75, 3.05) is 17.7 Å². The lowest BCUT2D eigenvalue weighted by Gasteiger charge is -2.06. The maximum absolute atomic E-state index is 12.5. The SMILES string of the molecule is CCOC(=O)c1ccc(NC(=O)C[S@](=O)Cc2nc(-c3ccc(C)cc3)oc2C)cc1. The molecule has 0 fully saturated rings. The summed E-state index contributed by atoms with van der Waals surface area (Å²) in [5.74, 6) is 0.188. The van der Waals surface area contributed by atoms with Gasteiger partial charge in [-0.15, -0.1) is 0 Å². The van der Waals surface area contributed by atoms with Crippen LogP contribution in [0.25, 0.3) is 11.5 Å². The lowest BCUT2D eigenvalue weighted by molar-refractivity contribution is -0.113. The van der Waals surface area contributed by atoms with E-state index in [4.69, 9.17) is 9.15 Å². The normalized spacial score (nSPS) is 11.7. The minimum atomic E-state index is -1.45. The molecule has 2 aromatic carbocycles. The summed E-state index contributed by atoms with van der Waals surface area (Å²) in [7, 11) is -1.45. The number of rotatable bonds is 8. The predicted molar refractivity (Wildman–Crippen MR) is 119 cm³/mol. The summed E-state index contributed by atoms with van der Waals surface area (Å²) in [6.45, 7) is 5.79. The molecule has 0 aliphatic carbocycles. The Bertz CT molecular complexity index is 1090. The first-order chi connectivity index (χ1) is 14.9. The molecular formula is C23H24N2O5S. The van der Waals surface area contributed by atoms with Crippen molar-refractivity contribution in [1.82, 2.24) is 4.98 Å². The van der Waals surface area contributed by atoms with Gasteiger partial charge in [0, 0.05) is 22.1 Å². The Morgan fingerprint density at radius 3 is 2.39 bits per heavy atom. The van der Waals surface area contributed by atoms with Gasteiger partial charge in [0.2, 0.25) is 11.8 Å². The van der Waals surface area contributed by atoms with Gasteiger partial charge in [0.05, 0.1) is 23.6 Å². The summed E-state index contributed by atoms with van der Waals surface area (Å²) in [5.41, 5.74) is 3.45. The largest absolute Gasteiger partial charge is 0.462 e. The van der Waals surface area contributed by atoms with Gasteiger partial charge in [-0.2, -0.15) is 0 Å². The van der Waals surface area contributed by atoms with Gasteiger partial charge in [-0.25, -0.2) is 9.78 Å². The molecule has 0 spiro atoms. The maximum Gasteiger partial charge on any atom is 0.338 e. The average Bonchev–Trinajstić information content (AvgIpc) is 3.09. The van der Waals surface area contributed by atoms with E-state index in [0.717, 1.165) is 11.1 Å². The predicted octanol–water partition coefficient (Wildman–Crippen LogP) is 4.02. The van der Waals surface area contributed by atoms with Crippen LogP contribution >= 0.6 is 0 Å². The number of carbonyl (C=O) groups excluding carboxylic acids is 2. The van der Waals surface area contributed by atoms with Gasteiger partial charge in [-0.3, -0.25) is 9.00 Å².